The molecule has 1 heterocycles. The molecule has 0 bridgehead atoms. The number of ketones is 1. The molecule has 3 N–H and O–H groups in total. The van der Waals surface area contributed by atoms with Crippen LogP contribution in [-0.2, 0) is 24.3 Å². The van der Waals surface area contributed by atoms with Gasteiger partial charge in [-0.3, -0.25) is 9.59 Å². The summed E-state index contributed by atoms with van der Waals surface area (Å²) in [6.07, 6.45) is 1.46. The smallest absolute Gasteiger partial charge is 0.355 e. The Labute approximate surface area is 203 Å². The van der Waals surface area contributed by atoms with E-state index >= 15 is 0 Å². The third-order valence-corrected chi connectivity index (χ3v) is 6.06. The molecule has 9 nitrogen and oxygen atoms in total. The van der Waals surface area contributed by atoms with E-state index in [1.807, 2.05) is 6.07 Å². The van der Waals surface area contributed by atoms with Crippen molar-refractivity contribution in [2.24, 2.45) is 5.14 Å². The van der Waals surface area contributed by atoms with Crippen LogP contribution >= 0.6 is 0 Å². The van der Waals surface area contributed by atoms with Crippen LogP contribution in [0.4, 0.5) is 0 Å². The summed E-state index contributed by atoms with van der Waals surface area (Å²) in [4.78, 5) is 37.0. The summed E-state index contributed by atoms with van der Waals surface area (Å²) < 4.78 is 30.0. The number of ether oxygens (including phenoxy) is 1. The fourth-order valence-electron chi connectivity index (χ4n) is 3.57. The molecule has 1 amide bonds. The van der Waals surface area contributed by atoms with Crippen molar-refractivity contribution in [2.75, 3.05) is 6.61 Å². The molecule has 0 saturated carbocycles. The molecule has 3 rings (SSSR count). The van der Waals surface area contributed by atoms with Crippen LogP contribution in [0.15, 0.2) is 71.3 Å². The number of aryl methyl sites for hydroxylation is 1. The Bertz CT molecular complexity index is 1410. The summed E-state index contributed by atoms with van der Waals surface area (Å²) in [5.74, 6) is -1.72. The molecule has 3 aromatic rings. The monoisotopic (exact) mass is 495 g/mol. The second-order valence-corrected chi connectivity index (χ2v) is 9.37. The first-order valence-electron chi connectivity index (χ1n) is 10.5. The largest absolute Gasteiger partial charge is 0.453 e. The molecule has 1 aromatic heterocycles. The van der Waals surface area contributed by atoms with E-state index in [-0.39, 0.29) is 10.6 Å². The highest BCUT2D eigenvalue weighted by Gasteiger charge is 2.20. The van der Waals surface area contributed by atoms with Crippen LogP contribution in [0, 0.1) is 13.8 Å². The van der Waals surface area contributed by atoms with Gasteiger partial charge in [0.15, 0.2) is 6.61 Å². The Balaban J connectivity index is 1.78. The predicted octanol–water partition coefficient (Wildman–Crippen LogP) is 2.64. The number of aromatic nitrogens is 1. The average Bonchev–Trinajstić information content (AvgIpc) is 3.10. The molecule has 0 atom stereocenters. The highest BCUT2D eigenvalue weighted by molar-refractivity contribution is 7.89. The highest BCUT2D eigenvalue weighted by Crippen LogP contribution is 2.22. The fourth-order valence-corrected chi connectivity index (χ4v) is 4.08. The van der Waals surface area contributed by atoms with Gasteiger partial charge in [0.25, 0.3) is 0 Å². The van der Waals surface area contributed by atoms with Gasteiger partial charge in [0.1, 0.15) is 5.70 Å². The van der Waals surface area contributed by atoms with E-state index < -0.39 is 34.3 Å². The highest BCUT2D eigenvalue weighted by atomic mass is 32.2. The molecular weight excluding hydrogens is 470 g/mol. The normalized spacial score (nSPS) is 11.7. The zero-order chi connectivity index (χ0) is 25.8. The maximum absolute atomic E-state index is 12.9. The molecule has 182 valence electrons. The van der Waals surface area contributed by atoms with Gasteiger partial charge in [0.2, 0.25) is 21.7 Å². The van der Waals surface area contributed by atoms with Gasteiger partial charge >= 0.3 is 5.97 Å². The Hall–Kier alpha value is -4.02. The van der Waals surface area contributed by atoms with Gasteiger partial charge in [-0.2, -0.15) is 0 Å². The molecule has 0 aliphatic heterocycles. The number of nitrogens with two attached hydrogens (primary N) is 1. The number of rotatable bonds is 8. The van der Waals surface area contributed by atoms with Crippen molar-refractivity contribution in [1.82, 2.24) is 9.88 Å². The molecular formula is C25H25N3O6S. The third-order valence-electron chi connectivity index (χ3n) is 5.13. The summed E-state index contributed by atoms with van der Waals surface area (Å²) in [5.41, 5.74) is 2.90. The minimum Gasteiger partial charge on any atom is -0.453 e. The molecule has 35 heavy (non-hydrogen) atoms. The molecule has 10 heteroatoms. The average molecular weight is 496 g/mol. The fraction of sp³-hybridized carbons (Fsp3) is 0.160. The van der Waals surface area contributed by atoms with E-state index in [4.69, 9.17) is 9.88 Å². The van der Waals surface area contributed by atoms with Crippen LogP contribution in [0.3, 0.4) is 0 Å². The summed E-state index contributed by atoms with van der Waals surface area (Å²) >= 11 is 0. The quantitative estimate of drug-likeness (QED) is 0.280. The number of carbonyl (C=O) groups excluding carboxylic acids is 3. The second-order valence-electron chi connectivity index (χ2n) is 7.81. The summed E-state index contributed by atoms with van der Waals surface area (Å²) in [6, 6.07) is 16.5. The zero-order valence-corrected chi connectivity index (χ0v) is 20.3. The van der Waals surface area contributed by atoms with E-state index in [1.54, 1.807) is 60.9 Å². The maximum Gasteiger partial charge on any atom is 0.355 e. The van der Waals surface area contributed by atoms with Gasteiger partial charge < -0.3 is 14.6 Å². The lowest BCUT2D eigenvalue weighted by Gasteiger charge is -2.11. The number of nitrogens with zero attached hydrogens (tertiary/aromatic N) is 1. The minimum absolute atomic E-state index is 0.0227. The number of carbonyl (C=O) groups is 3. The molecule has 0 aliphatic carbocycles. The van der Waals surface area contributed by atoms with Gasteiger partial charge in [-0.05, 0) is 55.8 Å². The van der Waals surface area contributed by atoms with Crippen molar-refractivity contribution in [1.29, 1.82) is 0 Å². The number of Topliss-reactive ketones (excluding diaryl/α,β-unsaturated/α-hetero) is 1. The molecule has 0 fully saturated rings. The number of primary sulfonamides is 1. The van der Waals surface area contributed by atoms with E-state index in [0.29, 0.717) is 22.5 Å². The van der Waals surface area contributed by atoms with Gasteiger partial charge in [0.05, 0.1) is 4.90 Å². The predicted molar refractivity (Wildman–Crippen MR) is 130 cm³/mol. The summed E-state index contributed by atoms with van der Waals surface area (Å²) in [6.45, 7) is 4.26. The Kier molecular flexibility index (Phi) is 7.68. The van der Waals surface area contributed by atoms with E-state index in [9.17, 15) is 22.8 Å². The molecule has 0 radical (unpaired) electrons. The van der Waals surface area contributed by atoms with Gasteiger partial charge in [-0.15, -0.1) is 0 Å². The lowest BCUT2D eigenvalue weighted by atomic mass is 10.1. The molecule has 0 spiro atoms. The molecule has 2 aromatic carbocycles. The number of nitrogens with one attached hydrogen (secondary N) is 1. The van der Waals surface area contributed by atoms with Gasteiger partial charge in [-0.25, -0.2) is 18.4 Å². The van der Waals surface area contributed by atoms with Crippen LogP contribution in [0.25, 0.3) is 11.8 Å². The van der Waals surface area contributed by atoms with Gasteiger partial charge in [0, 0.05) is 29.6 Å². The SMILES string of the molecule is CC(=O)N/C(=C/c1ccccc1)C(=O)OCC(=O)c1cc(C)n(-c2ccc(S(N)(=O)=O)cc2)c1C. The van der Waals surface area contributed by atoms with E-state index in [0.717, 1.165) is 5.69 Å². The van der Waals surface area contributed by atoms with Crippen molar-refractivity contribution in [2.45, 2.75) is 25.7 Å². The number of sulfonamides is 1. The summed E-state index contributed by atoms with van der Waals surface area (Å²) in [7, 11) is -3.82. The van der Waals surface area contributed by atoms with E-state index in [1.165, 1.54) is 25.1 Å². The van der Waals surface area contributed by atoms with Crippen LogP contribution in [0.2, 0.25) is 0 Å². The number of hydrogen-bond donors (Lipinski definition) is 2. The molecule has 0 aliphatic rings. The van der Waals surface area contributed by atoms with Crippen molar-refractivity contribution >= 4 is 33.8 Å². The Morgan fingerprint density at radius 1 is 1.03 bits per heavy atom. The van der Waals surface area contributed by atoms with Crippen molar-refractivity contribution < 1.29 is 27.5 Å². The van der Waals surface area contributed by atoms with Gasteiger partial charge in [-0.1, -0.05) is 30.3 Å². The standard InChI is InChI=1S/C25H25N3O6S/c1-16-13-22(17(2)28(16)20-9-11-21(12-10-20)35(26,32)33)24(30)15-34-25(31)23(27-18(3)29)14-19-7-5-4-6-8-19/h4-14H,15H2,1-3H3,(H,27,29)(H2,26,32,33)/b23-14+. The maximum atomic E-state index is 12.9. The van der Waals surface area contributed by atoms with Crippen LogP contribution in [0.1, 0.15) is 34.2 Å². The van der Waals surface area contributed by atoms with Crippen LogP contribution < -0.4 is 10.5 Å². The van der Waals surface area contributed by atoms with Crippen molar-refractivity contribution in [3.63, 3.8) is 0 Å². The first-order valence-corrected chi connectivity index (χ1v) is 12.1. The zero-order valence-electron chi connectivity index (χ0n) is 19.4. The summed E-state index contributed by atoms with van der Waals surface area (Å²) in [5, 5.41) is 7.58. The van der Waals surface area contributed by atoms with Crippen LogP contribution in [0.5, 0.6) is 0 Å². The number of hydrogen-bond acceptors (Lipinski definition) is 6. The first kappa shape index (κ1) is 25.6. The minimum atomic E-state index is -3.82. The first-order chi connectivity index (χ1) is 16.5. The Morgan fingerprint density at radius 2 is 1.66 bits per heavy atom. The second kappa shape index (κ2) is 10.5. The van der Waals surface area contributed by atoms with E-state index in [2.05, 4.69) is 5.32 Å². The van der Waals surface area contributed by atoms with Crippen molar-refractivity contribution in [3.05, 3.63) is 88.9 Å². The lowest BCUT2D eigenvalue weighted by molar-refractivity contribution is -0.139. The number of benzene rings is 2. The lowest BCUT2D eigenvalue weighted by Crippen LogP contribution is -2.27. The topological polar surface area (TPSA) is 138 Å². The number of esters is 1. The molecule has 0 unspecified atom stereocenters. The Morgan fingerprint density at radius 3 is 2.23 bits per heavy atom. The number of amides is 1. The molecule has 0 saturated heterocycles. The van der Waals surface area contributed by atoms with Crippen molar-refractivity contribution in [3.8, 4) is 5.69 Å². The van der Waals surface area contributed by atoms with Crippen LogP contribution in [-0.4, -0.2) is 37.3 Å². The third kappa shape index (κ3) is 6.31.